The van der Waals surface area contributed by atoms with Crippen molar-refractivity contribution >= 4 is 41.0 Å². The lowest BCUT2D eigenvalue weighted by atomic mass is 10.0. The number of rotatable bonds is 4. The third-order valence-electron chi connectivity index (χ3n) is 5.98. The molecule has 2 aliphatic heterocycles. The van der Waals surface area contributed by atoms with Gasteiger partial charge in [-0.1, -0.05) is 17.7 Å². The van der Waals surface area contributed by atoms with E-state index in [2.05, 4.69) is 5.32 Å². The molecule has 0 aliphatic carbocycles. The number of urea groups is 1. The first-order chi connectivity index (χ1) is 15.5. The van der Waals surface area contributed by atoms with Gasteiger partial charge in [-0.15, -0.1) is 11.8 Å². The second-order valence-corrected chi connectivity index (χ2v) is 9.64. The number of methoxy groups -OCH3 is 2. The van der Waals surface area contributed by atoms with Crippen LogP contribution in [0.25, 0.3) is 0 Å². The molecule has 0 saturated carbocycles. The highest BCUT2D eigenvalue weighted by atomic mass is 35.5. The number of hydrogen-bond donors (Lipinski definition) is 1. The zero-order valence-corrected chi connectivity index (χ0v) is 19.7. The normalized spacial score (nSPS) is 17.3. The van der Waals surface area contributed by atoms with Crippen molar-refractivity contribution in [3.05, 3.63) is 53.1 Å². The number of anilines is 1. The third-order valence-corrected chi connectivity index (χ3v) is 7.76. The molecule has 1 spiro atoms. The van der Waals surface area contributed by atoms with E-state index in [9.17, 15) is 9.59 Å². The molecule has 2 aromatic rings. The van der Waals surface area contributed by atoms with Gasteiger partial charge >= 0.3 is 6.03 Å². The molecule has 2 saturated heterocycles. The molecule has 0 unspecified atom stereocenters. The minimum Gasteiger partial charge on any atom is -0.497 e. The van der Waals surface area contributed by atoms with Gasteiger partial charge in [-0.3, -0.25) is 4.79 Å². The van der Waals surface area contributed by atoms with Crippen molar-refractivity contribution in [3.8, 4) is 11.5 Å². The zero-order chi connectivity index (χ0) is 22.7. The van der Waals surface area contributed by atoms with E-state index in [1.807, 2.05) is 16.7 Å². The van der Waals surface area contributed by atoms with Gasteiger partial charge in [0.25, 0.3) is 5.91 Å². The zero-order valence-electron chi connectivity index (χ0n) is 18.1. The van der Waals surface area contributed by atoms with Crippen LogP contribution < -0.4 is 14.8 Å². The largest absolute Gasteiger partial charge is 0.497 e. The lowest BCUT2D eigenvalue weighted by Crippen LogP contribution is -2.54. The standard InChI is InChI=1S/C23H26ClN3O4S/c1-30-18-6-7-19(20(15-18)31-2)25-22(29)26-10-8-23(9-11-26)27(12-13-32-23)21(28)16-4-3-5-17(24)14-16/h3-7,14-15H,8-13H2,1-2H3,(H,25,29). The lowest BCUT2D eigenvalue weighted by molar-refractivity contribution is 0.0585. The minimum absolute atomic E-state index is 0.00151. The van der Waals surface area contributed by atoms with Crippen molar-refractivity contribution in [1.82, 2.24) is 9.80 Å². The molecule has 2 aliphatic rings. The molecule has 2 heterocycles. The summed E-state index contributed by atoms with van der Waals surface area (Å²) in [5.74, 6) is 2.08. The van der Waals surface area contributed by atoms with Gasteiger partial charge in [-0.2, -0.15) is 0 Å². The van der Waals surface area contributed by atoms with Crippen LogP contribution in [0.4, 0.5) is 10.5 Å². The monoisotopic (exact) mass is 475 g/mol. The highest BCUT2D eigenvalue weighted by molar-refractivity contribution is 8.00. The number of benzene rings is 2. The van der Waals surface area contributed by atoms with Crippen LogP contribution in [0.2, 0.25) is 5.02 Å². The van der Waals surface area contributed by atoms with Crippen LogP contribution in [0.1, 0.15) is 23.2 Å². The predicted molar refractivity (Wildman–Crippen MR) is 127 cm³/mol. The van der Waals surface area contributed by atoms with E-state index in [4.69, 9.17) is 21.1 Å². The van der Waals surface area contributed by atoms with E-state index < -0.39 is 0 Å². The van der Waals surface area contributed by atoms with E-state index in [-0.39, 0.29) is 16.8 Å². The Labute approximate surface area is 197 Å². The maximum Gasteiger partial charge on any atom is 0.321 e. The van der Waals surface area contributed by atoms with Crippen molar-refractivity contribution in [3.63, 3.8) is 0 Å². The van der Waals surface area contributed by atoms with Gasteiger partial charge in [-0.25, -0.2) is 4.79 Å². The summed E-state index contributed by atoms with van der Waals surface area (Å²) in [5, 5.41) is 3.48. The highest BCUT2D eigenvalue weighted by Gasteiger charge is 2.47. The Morgan fingerprint density at radius 2 is 1.84 bits per heavy atom. The van der Waals surface area contributed by atoms with Crippen molar-refractivity contribution in [2.45, 2.75) is 17.7 Å². The fourth-order valence-electron chi connectivity index (χ4n) is 4.24. The smallest absolute Gasteiger partial charge is 0.321 e. The van der Waals surface area contributed by atoms with Crippen LogP contribution in [0.3, 0.4) is 0 Å². The molecule has 9 heteroatoms. The number of amides is 3. The van der Waals surface area contributed by atoms with Crippen molar-refractivity contribution in [1.29, 1.82) is 0 Å². The maximum atomic E-state index is 13.2. The van der Waals surface area contributed by atoms with Crippen LogP contribution >= 0.6 is 23.4 Å². The number of carbonyl (C=O) groups is 2. The number of ether oxygens (including phenoxy) is 2. The molecule has 2 fully saturated rings. The first-order valence-electron chi connectivity index (χ1n) is 10.5. The number of carbonyl (C=O) groups excluding carboxylic acids is 2. The Morgan fingerprint density at radius 1 is 1.06 bits per heavy atom. The van der Waals surface area contributed by atoms with Gasteiger partial charge < -0.3 is 24.6 Å². The molecule has 2 aromatic carbocycles. The molecule has 4 rings (SSSR count). The first-order valence-corrected chi connectivity index (χ1v) is 11.8. The van der Waals surface area contributed by atoms with E-state index in [1.165, 1.54) is 0 Å². The summed E-state index contributed by atoms with van der Waals surface area (Å²) in [4.78, 5) is 29.5. The number of nitrogens with one attached hydrogen (secondary N) is 1. The number of piperidine rings is 1. The molecule has 1 N–H and O–H groups in total. The summed E-state index contributed by atoms with van der Waals surface area (Å²) in [6.07, 6.45) is 1.44. The molecule has 0 bridgehead atoms. The van der Waals surface area contributed by atoms with Crippen LogP contribution in [-0.4, -0.2) is 66.2 Å². The maximum absolute atomic E-state index is 13.2. The van der Waals surface area contributed by atoms with Gasteiger partial charge in [0.05, 0.1) is 24.8 Å². The molecular weight excluding hydrogens is 450 g/mol. The summed E-state index contributed by atoms with van der Waals surface area (Å²) in [6.45, 7) is 1.83. The SMILES string of the molecule is COc1ccc(NC(=O)N2CCC3(CC2)SCCN3C(=O)c2cccc(Cl)c2)c(OC)c1. The lowest BCUT2D eigenvalue weighted by Gasteiger charge is -2.44. The molecule has 0 aromatic heterocycles. The van der Waals surface area contributed by atoms with Crippen LogP contribution in [0, 0.1) is 0 Å². The fraction of sp³-hybridized carbons (Fsp3) is 0.391. The van der Waals surface area contributed by atoms with Crippen molar-refractivity contribution in [2.75, 3.05) is 44.9 Å². The van der Waals surface area contributed by atoms with E-state index in [1.54, 1.807) is 61.6 Å². The summed E-state index contributed by atoms with van der Waals surface area (Å²) >= 11 is 7.90. The van der Waals surface area contributed by atoms with Crippen LogP contribution in [0.15, 0.2) is 42.5 Å². The average molecular weight is 476 g/mol. The Kier molecular flexibility index (Phi) is 6.71. The molecule has 0 atom stereocenters. The average Bonchev–Trinajstić information content (AvgIpc) is 3.21. The number of nitrogens with zero attached hydrogens (tertiary/aromatic N) is 2. The molecular formula is C23H26ClN3O4S. The van der Waals surface area contributed by atoms with E-state index in [0.717, 1.165) is 18.6 Å². The highest BCUT2D eigenvalue weighted by Crippen LogP contribution is 2.44. The van der Waals surface area contributed by atoms with Gasteiger partial charge in [0.15, 0.2) is 0 Å². The Morgan fingerprint density at radius 3 is 2.53 bits per heavy atom. The van der Waals surface area contributed by atoms with Crippen LogP contribution in [-0.2, 0) is 0 Å². The Bertz CT molecular complexity index is 1010. The Balaban J connectivity index is 1.42. The quantitative estimate of drug-likeness (QED) is 0.701. The van der Waals surface area contributed by atoms with E-state index >= 15 is 0 Å². The molecule has 32 heavy (non-hydrogen) atoms. The Hall–Kier alpha value is -2.58. The summed E-state index contributed by atoms with van der Waals surface area (Å²) in [5.41, 5.74) is 1.19. The molecule has 170 valence electrons. The molecule has 7 nitrogen and oxygen atoms in total. The predicted octanol–water partition coefficient (Wildman–Crippen LogP) is 4.57. The van der Waals surface area contributed by atoms with Gasteiger partial charge in [0.1, 0.15) is 11.5 Å². The minimum atomic E-state index is -0.284. The second kappa shape index (κ2) is 9.50. The topological polar surface area (TPSA) is 71.1 Å². The summed E-state index contributed by atoms with van der Waals surface area (Å²) in [6, 6.07) is 12.2. The van der Waals surface area contributed by atoms with Crippen molar-refractivity contribution in [2.24, 2.45) is 0 Å². The second-order valence-electron chi connectivity index (χ2n) is 7.75. The number of halogens is 1. The van der Waals surface area contributed by atoms with Gasteiger partial charge in [0.2, 0.25) is 0 Å². The van der Waals surface area contributed by atoms with Crippen molar-refractivity contribution < 1.29 is 19.1 Å². The van der Waals surface area contributed by atoms with Gasteiger partial charge in [0, 0.05) is 42.0 Å². The summed E-state index contributed by atoms with van der Waals surface area (Å²) in [7, 11) is 3.13. The number of thioether (sulfide) groups is 1. The first kappa shape index (κ1) is 22.6. The number of likely N-dealkylation sites (tertiary alicyclic amines) is 1. The molecule has 3 amide bonds. The fourth-order valence-corrected chi connectivity index (χ4v) is 5.89. The summed E-state index contributed by atoms with van der Waals surface area (Å²) < 4.78 is 10.6. The van der Waals surface area contributed by atoms with E-state index in [0.29, 0.717) is 47.4 Å². The van der Waals surface area contributed by atoms with Crippen LogP contribution in [0.5, 0.6) is 11.5 Å². The number of hydrogen-bond acceptors (Lipinski definition) is 5. The van der Waals surface area contributed by atoms with Gasteiger partial charge in [-0.05, 0) is 43.2 Å². The molecule has 0 radical (unpaired) electrons. The third kappa shape index (κ3) is 4.47.